The van der Waals surface area contributed by atoms with E-state index in [4.69, 9.17) is 16.7 Å². The lowest BCUT2D eigenvalue weighted by Gasteiger charge is -2.03. The van der Waals surface area contributed by atoms with Crippen molar-refractivity contribution < 1.29 is 9.90 Å². The van der Waals surface area contributed by atoms with Gasteiger partial charge in [0.05, 0.1) is 0 Å². The second-order valence-corrected chi connectivity index (χ2v) is 5.18. The molecule has 0 aromatic heterocycles. The van der Waals surface area contributed by atoms with Gasteiger partial charge < -0.3 is 5.11 Å². The number of benzene rings is 1. The van der Waals surface area contributed by atoms with Gasteiger partial charge in [-0.15, -0.1) is 11.6 Å². The van der Waals surface area contributed by atoms with Crippen molar-refractivity contribution in [2.75, 3.05) is 0 Å². The number of hydrogen-bond acceptors (Lipinski definition) is 1. The summed E-state index contributed by atoms with van der Waals surface area (Å²) in [4.78, 5) is 10.0. The Bertz CT molecular complexity index is 399. The minimum atomic E-state index is -1.14. The lowest BCUT2D eigenvalue weighted by molar-refractivity contribution is -0.138. The molecule has 0 spiro atoms. The zero-order chi connectivity index (χ0) is 11.3. The highest BCUT2D eigenvalue weighted by atomic mass is 35.5. The first kappa shape index (κ1) is 10.5. The maximum Gasteiger partial charge on any atom is 0.326 e. The van der Waals surface area contributed by atoms with E-state index in [0.717, 1.165) is 5.56 Å². The van der Waals surface area contributed by atoms with Crippen molar-refractivity contribution in [3.05, 3.63) is 35.9 Å². The Balaban J connectivity index is 2.39. The maximum atomic E-state index is 11.2. The first-order chi connectivity index (χ1) is 6.92. The van der Waals surface area contributed by atoms with E-state index in [2.05, 4.69) is 0 Å². The van der Waals surface area contributed by atoms with Crippen LogP contribution in [-0.4, -0.2) is 16.0 Å². The lowest BCUT2D eigenvalue weighted by Crippen LogP contribution is -2.21. The van der Waals surface area contributed by atoms with Gasteiger partial charge in [0.2, 0.25) is 0 Å². The summed E-state index contributed by atoms with van der Waals surface area (Å²) in [5.41, 5.74) is 0.613. The fraction of sp³-hybridized carbons (Fsp3) is 0.417. The predicted octanol–water partition coefficient (Wildman–Crippen LogP) is 2.87. The van der Waals surface area contributed by atoms with Gasteiger partial charge in [0.25, 0.3) is 0 Å². The van der Waals surface area contributed by atoms with Crippen molar-refractivity contribution in [2.24, 2.45) is 5.41 Å². The molecule has 2 unspecified atom stereocenters. The number of carboxylic acids is 1. The highest BCUT2D eigenvalue weighted by molar-refractivity contribution is 6.38. The molecule has 1 aliphatic rings. The third kappa shape index (κ3) is 1.21. The highest BCUT2D eigenvalue weighted by Gasteiger charge is 2.75. The smallest absolute Gasteiger partial charge is 0.326 e. The van der Waals surface area contributed by atoms with Crippen molar-refractivity contribution >= 4 is 17.6 Å². The molecule has 1 saturated carbocycles. The molecule has 2 nitrogen and oxygen atoms in total. The monoisotopic (exact) mass is 224 g/mol. The molecule has 1 aliphatic carbocycles. The average molecular weight is 225 g/mol. The van der Waals surface area contributed by atoms with Crippen LogP contribution in [0.5, 0.6) is 0 Å². The summed E-state index contributed by atoms with van der Waals surface area (Å²) in [5, 5.41) is 9.15. The SMILES string of the molecule is CC1(C)C(c2ccccc2)C1(Cl)C(=O)O. The molecule has 0 saturated heterocycles. The molecule has 0 aliphatic heterocycles. The fourth-order valence-corrected chi connectivity index (χ4v) is 2.85. The van der Waals surface area contributed by atoms with Gasteiger partial charge in [0.15, 0.2) is 4.87 Å². The standard InChI is InChI=1S/C12H13ClO2/c1-11(2)9(12(11,13)10(14)15)8-6-4-3-5-7-8/h3-7,9H,1-2H3,(H,14,15). The maximum absolute atomic E-state index is 11.2. The molecule has 15 heavy (non-hydrogen) atoms. The molecule has 0 heterocycles. The summed E-state index contributed by atoms with van der Waals surface area (Å²) in [6.07, 6.45) is 0. The molecule has 0 amide bonds. The van der Waals surface area contributed by atoms with Crippen LogP contribution in [0.15, 0.2) is 30.3 Å². The summed E-state index contributed by atoms with van der Waals surface area (Å²) in [5.74, 6) is -1.03. The van der Waals surface area contributed by atoms with Crippen LogP contribution in [0.2, 0.25) is 0 Å². The van der Waals surface area contributed by atoms with Gasteiger partial charge in [-0.25, -0.2) is 0 Å². The first-order valence-corrected chi connectivity index (χ1v) is 5.27. The molecule has 2 rings (SSSR count). The van der Waals surface area contributed by atoms with Crippen molar-refractivity contribution in [3.8, 4) is 0 Å². The van der Waals surface area contributed by atoms with Crippen LogP contribution in [0.4, 0.5) is 0 Å². The molecule has 3 heteroatoms. The normalized spacial score (nSPS) is 32.3. The van der Waals surface area contributed by atoms with Crippen LogP contribution in [0.3, 0.4) is 0 Å². The van der Waals surface area contributed by atoms with Crippen LogP contribution in [0.25, 0.3) is 0 Å². The second kappa shape index (κ2) is 2.99. The minimum absolute atomic E-state index is 0.106. The Morgan fingerprint density at radius 3 is 2.27 bits per heavy atom. The largest absolute Gasteiger partial charge is 0.480 e. The van der Waals surface area contributed by atoms with Crippen molar-refractivity contribution in [3.63, 3.8) is 0 Å². The van der Waals surface area contributed by atoms with Gasteiger partial charge in [0.1, 0.15) is 0 Å². The van der Waals surface area contributed by atoms with E-state index in [0.29, 0.717) is 0 Å². The number of alkyl halides is 1. The third-order valence-electron chi connectivity index (χ3n) is 3.42. The number of halogens is 1. The fourth-order valence-electron chi connectivity index (χ4n) is 2.40. The number of rotatable bonds is 2. The molecule has 1 N–H and O–H groups in total. The van der Waals surface area contributed by atoms with E-state index in [9.17, 15) is 4.79 Å². The van der Waals surface area contributed by atoms with E-state index in [1.165, 1.54) is 0 Å². The van der Waals surface area contributed by atoms with Crippen LogP contribution >= 0.6 is 11.6 Å². The van der Waals surface area contributed by atoms with Crippen LogP contribution in [0.1, 0.15) is 25.3 Å². The van der Waals surface area contributed by atoms with Crippen molar-refractivity contribution in [1.82, 2.24) is 0 Å². The summed E-state index contributed by atoms with van der Waals surface area (Å²) >= 11 is 6.17. The van der Waals surface area contributed by atoms with Gasteiger partial charge in [0, 0.05) is 11.3 Å². The Morgan fingerprint density at radius 2 is 1.87 bits per heavy atom. The summed E-state index contributed by atoms with van der Waals surface area (Å²) < 4.78 is 0. The molecule has 1 aromatic carbocycles. The molecular weight excluding hydrogens is 212 g/mol. The molecular formula is C12H13ClO2. The highest BCUT2D eigenvalue weighted by Crippen LogP contribution is 2.71. The average Bonchev–Trinajstić information content (AvgIpc) is 2.64. The van der Waals surface area contributed by atoms with Crippen molar-refractivity contribution in [1.29, 1.82) is 0 Å². The van der Waals surface area contributed by atoms with Crippen LogP contribution in [0, 0.1) is 5.41 Å². The minimum Gasteiger partial charge on any atom is -0.480 e. The molecule has 2 atom stereocenters. The van der Waals surface area contributed by atoms with E-state index >= 15 is 0 Å². The van der Waals surface area contributed by atoms with E-state index in [1.54, 1.807) is 0 Å². The summed E-state index contributed by atoms with van der Waals surface area (Å²) in [7, 11) is 0. The van der Waals surface area contributed by atoms with Gasteiger partial charge in [-0.05, 0) is 5.56 Å². The molecule has 1 fully saturated rings. The van der Waals surface area contributed by atoms with E-state index in [1.807, 2.05) is 44.2 Å². The number of hydrogen-bond donors (Lipinski definition) is 1. The predicted molar refractivity (Wildman–Crippen MR) is 59.2 cm³/mol. The number of aliphatic carboxylic acids is 1. The summed E-state index contributed by atoms with van der Waals surface area (Å²) in [6, 6.07) is 9.58. The van der Waals surface area contributed by atoms with Gasteiger partial charge in [-0.2, -0.15) is 0 Å². The molecule has 80 valence electrons. The van der Waals surface area contributed by atoms with Gasteiger partial charge in [-0.1, -0.05) is 44.2 Å². The Kier molecular flexibility index (Phi) is 2.09. The number of carbonyl (C=O) groups is 1. The van der Waals surface area contributed by atoms with Gasteiger partial charge in [-0.3, -0.25) is 4.79 Å². The topological polar surface area (TPSA) is 37.3 Å². The Hall–Kier alpha value is -1.02. The zero-order valence-electron chi connectivity index (χ0n) is 8.70. The zero-order valence-corrected chi connectivity index (χ0v) is 9.45. The molecule has 1 aromatic rings. The van der Waals surface area contributed by atoms with Crippen LogP contribution < -0.4 is 0 Å². The van der Waals surface area contributed by atoms with E-state index < -0.39 is 10.8 Å². The lowest BCUT2D eigenvalue weighted by atomic mass is 10.0. The van der Waals surface area contributed by atoms with E-state index in [-0.39, 0.29) is 11.3 Å². The van der Waals surface area contributed by atoms with Gasteiger partial charge >= 0.3 is 5.97 Å². The molecule has 0 radical (unpaired) electrons. The first-order valence-electron chi connectivity index (χ1n) is 4.89. The third-order valence-corrected chi connectivity index (χ3v) is 4.28. The van der Waals surface area contributed by atoms with Crippen LogP contribution in [-0.2, 0) is 4.79 Å². The Labute approximate surface area is 93.9 Å². The summed E-state index contributed by atoms with van der Waals surface area (Å²) in [6.45, 7) is 3.79. The second-order valence-electron chi connectivity index (χ2n) is 4.58. The number of carboxylic acid groups (broad SMARTS) is 1. The quantitative estimate of drug-likeness (QED) is 0.785. The van der Waals surface area contributed by atoms with Crippen molar-refractivity contribution in [2.45, 2.75) is 24.6 Å². The Morgan fingerprint density at radius 1 is 1.33 bits per heavy atom. The molecule has 0 bridgehead atoms.